The zero-order valence-corrected chi connectivity index (χ0v) is 35.5. The van der Waals surface area contributed by atoms with Gasteiger partial charge >= 0.3 is 11.9 Å². The topological polar surface area (TPSA) is 102 Å². The Morgan fingerprint density at radius 2 is 1.09 bits per heavy atom. The van der Waals surface area contributed by atoms with Crippen LogP contribution in [-0.4, -0.2) is 75.5 Å². The van der Waals surface area contributed by atoms with Crippen LogP contribution in [0.1, 0.15) is 123 Å². The van der Waals surface area contributed by atoms with Gasteiger partial charge in [-0.25, -0.2) is 0 Å². The van der Waals surface area contributed by atoms with E-state index < -0.39 is 18.1 Å². The van der Waals surface area contributed by atoms with E-state index in [1.165, 1.54) is 25.7 Å². The third-order valence-corrected chi connectivity index (χ3v) is 8.52. The fourth-order valence-electron chi connectivity index (χ4n) is 5.26. The SMILES string of the molecule is CC/C=C/C=C/C=C/C=C/C=C/CCCCCC(=O)OC(COCCC(C(=O)[O-])[N+](C)(C)C)COC(=O)CCC/C=C/C/C=C/C/C=C/C/C=C/CCCCC. The summed E-state index contributed by atoms with van der Waals surface area (Å²) in [5.74, 6) is -1.88. The molecule has 0 aliphatic carbocycles. The molecule has 0 radical (unpaired) electrons. The molecular weight excluding hydrogens is 703 g/mol. The molecule has 0 heterocycles. The first kappa shape index (κ1) is 52.0. The molecule has 8 heteroatoms. The zero-order valence-electron chi connectivity index (χ0n) is 35.5. The Kier molecular flexibility index (Phi) is 35.2. The molecule has 0 aromatic rings. The Bertz CT molecular complexity index is 1280. The molecule has 0 aliphatic rings. The van der Waals surface area contributed by atoms with Gasteiger partial charge in [-0.3, -0.25) is 9.59 Å². The van der Waals surface area contributed by atoms with Gasteiger partial charge in [-0.1, -0.05) is 142 Å². The maximum Gasteiger partial charge on any atom is 0.306 e. The standard InChI is InChI=1S/C48H75NO7/c1-6-8-10-12-14-16-18-20-22-23-25-26-28-30-32-34-36-38-46(50)55-43-44(42-54-41-40-45(48(52)53)49(3,4)5)56-47(51)39-37-35-33-31-29-27-24-21-19-17-15-13-11-9-7-2/h9,11,13-17,19-22,24-27,29-30,32,44-45H,6-8,10,12,18,23,28,31,33-43H2,1-5H3/b11-9+,15-13+,16-14+,19-17+,22-20+,24-21+,26-25+,29-27+,32-30+. The second-order valence-corrected chi connectivity index (χ2v) is 14.6. The van der Waals surface area contributed by atoms with Crippen LogP contribution in [-0.2, 0) is 28.6 Å². The number of likely N-dealkylation sites (N-methyl/N-ethyl adjacent to an activating group) is 1. The van der Waals surface area contributed by atoms with E-state index in [1.807, 2.05) is 48.6 Å². The molecule has 8 nitrogen and oxygen atoms in total. The highest BCUT2D eigenvalue weighted by Crippen LogP contribution is 2.10. The third-order valence-electron chi connectivity index (χ3n) is 8.52. The summed E-state index contributed by atoms with van der Waals surface area (Å²) in [4.78, 5) is 36.8. The van der Waals surface area contributed by atoms with E-state index in [-0.39, 0.29) is 55.5 Å². The number of carboxylic acid groups (broad SMARTS) is 1. The first-order valence-corrected chi connectivity index (χ1v) is 21.0. The summed E-state index contributed by atoms with van der Waals surface area (Å²) in [6.45, 7) is 4.35. The summed E-state index contributed by atoms with van der Waals surface area (Å²) in [5.41, 5.74) is 0. The average molecular weight is 778 g/mol. The summed E-state index contributed by atoms with van der Waals surface area (Å²) in [6, 6.07) is -0.749. The first-order chi connectivity index (χ1) is 27.1. The number of hydrogen-bond donors (Lipinski definition) is 0. The van der Waals surface area contributed by atoms with Crippen LogP contribution >= 0.6 is 0 Å². The van der Waals surface area contributed by atoms with Gasteiger partial charge in [-0.15, -0.1) is 0 Å². The molecule has 0 fully saturated rings. The number of carbonyl (C=O) groups is 3. The smallest absolute Gasteiger partial charge is 0.306 e. The van der Waals surface area contributed by atoms with Crippen LogP contribution in [0, 0.1) is 0 Å². The number of esters is 2. The van der Waals surface area contributed by atoms with Crippen molar-refractivity contribution in [2.45, 2.75) is 135 Å². The number of rotatable bonds is 35. The van der Waals surface area contributed by atoms with Crippen LogP contribution in [0.4, 0.5) is 0 Å². The van der Waals surface area contributed by atoms with Crippen LogP contribution in [0.5, 0.6) is 0 Å². The Balaban J connectivity index is 4.58. The van der Waals surface area contributed by atoms with E-state index >= 15 is 0 Å². The van der Waals surface area contributed by atoms with Gasteiger partial charge in [-0.05, 0) is 70.6 Å². The van der Waals surface area contributed by atoms with E-state index in [0.29, 0.717) is 12.8 Å². The van der Waals surface area contributed by atoms with Gasteiger partial charge in [0, 0.05) is 19.3 Å². The minimum absolute atomic E-state index is 0.00214. The number of unbranched alkanes of at least 4 members (excludes halogenated alkanes) is 7. The summed E-state index contributed by atoms with van der Waals surface area (Å²) < 4.78 is 17.0. The molecule has 0 spiro atoms. The Morgan fingerprint density at radius 3 is 1.66 bits per heavy atom. The van der Waals surface area contributed by atoms with Crippen molar-refractivity contribution in [3.05, 3.63) is 109 Å². The van der Waals surface area contributed by atoms with Gasteiger partial charge in [0.15, 0.2) is 6.10 Å². The lowest BCUT2D eigenvalue weighted by Crippen LogP contribution is -2.55. The van der Waals surface area contributed by atoms with Crippen molar-refractivity contribution in [3.63, 3.8) is 0 Å². The maximum absolute atomic E-state index is 12.7. The Morgan fingerprint density at radius 1 is 0.571 bits per heavy atom. The molecule has 0 aromatic heterocycles. The second-order valence-electron chi connectivity index (χ2n) is 14.6. The lowest BCUT2D eigenvalue weighted by Gasteiger charge is -2.34. The molecule has 0 saturated carbocycles. The van der Waals surface area contributed by atoms with Crippen molar-refractivity contribution in [1.29, 1.82) is 0 Å². The number of aliphatic carboxylic acids is 1. The van der Waals surface area contributed by atoms with Crippen molar-refractivity contribution < 1.29 is 38.2 Å². The summed E-state index contributed by atoms with van der Waals surface area (Å²) in [7, 11) is 5.35. The van der Waals surface area contributed by atoms with E-state index in [1.54, 1.807) is 21.1 Å². The van der Waals surface area contributed by atoms with Gasteiger partial charge in [-0.2, -0.15) is 0 Å². The molecule has 0 N–H and O–H groups in total. The Hall–Kier alpha value is -4.01. The highest BCUT2D eigenvalue weighted by molar-refractivity contribution is 5.70. The number of nitrogens with zero attached hydrogens (tertiary/aromatic N) is 1. The molecule has 0 aliphatic heterocycles. The molecule has 2 atom stereocenters. The number of carbonyl (C=O) groups excluding carboxylic acids is 3. The van der Waals surface area contributed by atoms with E-state index in [0.717, 1.165) is 51.4 Å². The normalized spacial score (nSPS) is 14.1. The van der Waals surface area contributed by atoms with E-state index in [4.69, 9.17) is 14.2 Å². The lowest BCUT2D eigenvalue weighted by atomic mass is 10.1. The summed E-state index contributed by atoms with van der Waals surface area (Å²) in [6.07, 6.45) is 51.2. The molecule has 0 rings (SSSR count). The quantitative estimate of drug-likeness (QED) is 0.0208. The van der Waals surface area contributed by atoms with Gasteiger partial charge in [0.1, 0.15) is 12.6 Å². The van der Waals surface area contributed by atoms with Gasteiger partial charge in [0.2, 0.25) is 0 Å². The fourth-order valence-corrected chi connectivity index (χ4v) is 5.26. The third kappa shape index (κ3) is 35.7. The molecule has 2 unspecified atom stereocenters. The molecule has 0 saturated heterocycles. The number of ether oxygens (including phenoxy) is 3. The first-order valence-electron chi connectivity index (χ1n) is 21.0. The van der Waals surface area contributed by atoms with E-state index in [2.05, 4.69) is 74.6 Å². The van der Waals surface area contributed by atoms with Gasteiger partial charge in [0.05, 0.1) is 40.3 Å². The maximum atomic E-state index is 12.7. The number of hydrogen-bond acceptors (Lipinski definition) is 7. The molecular formula is C48H75NO7. The average Bonchev–Trinajstić information content (AvgIpc) is 3.15. The van der Waals surface area contributed by atoms with Crippen LogP contribution in [0.25, 0.3) is 0 Å². The van der Waals surface area contributed by atoms with Crippen LogP contribution in [0.2, 0.25) is 0 Å². The minimum atomic E-state index is -1.15. The lowest BCUT2D eigenvalue weighted by molar-refractivity contribution is -0.889. The minimum Gasteiger partial charge on any atom is -0.544 e. The monoisotopic (exact) mass is 778 g/mol. The largest absolute Gasteiger partial charge is 0.544 e. The van der Waals surface area contributed by atoms with Crippen molar-refractivity contribution in [1.82, 2.24) is 0 Å². The number of quaternary nitrogens is 1. The molecule has 314 valence electrons. The molecule has 56 heavy (non-hydrogen) atoms. The number of allylic oxidation sites excluding steroid dienone is 18. The zero-order chi connectivity index (χ0) is 41.4. The fraction of sp³-hybridized carbons (Fsp3) is 0.562. The highest BCUT2D eigenvalue weighted by atomic mass is 16.6. The van der Waals surface area contributed by atoms with E-state index in [9.17, 15) is 19.5 Å². The van der Waals surface area contributed by atoms with Crippen molar-refractivity contribution in [3.8, 4) is 0 Å². The summed E-state index contributed by atoms with van der Waals surface area (Å²) in [5, 5.41) is 11.6. The van der Waals surface area contributed by atoms with Crippen LogP contribution in [0.15, 0.2) is 109 Å². The predicted octanol–water partition coefficient (Wildman–Crippen LogP) is 9.96. The molecule has 0 bridgehead atoms. The second kappa shape index (κ2) is 37.9. The summed E-state index contributed by atoms with van der Waals surface area (Å²) >= 11 is 0. The van der Waals surface area contributed by atoms with Gasteiger partial charge < -0.3 is 28.6 Å². The van der Waals surface area contributed by atoms with Crippen molar-refractivity contribution in [2.75, 3.05) is 41.0 Å². The predicted molar refractivity (Wildman–Crippen MR) is 231 cm³/mol. The Labute approximate surface area is 340 Å². The van der Waals surface area contributed by atoms with Crippen molar-refractivity contribution in [2.24, 2.45) is 0 Å². The highest BCUT2D eigenvalue weighted by Gasteiger charge is 2.25. The molecule has 0 aromatic carbocycles. The van der Waals surface area contributed by atoms with Crippen molar-refractivity contribution >= 4 is 17.9 Å². The number of carboxylic acids is 1. The van der Waals surface area contributed by atoms with Crippen LogP contribution < -0.4 is 5.11 Å². The molecule has 0 amide bonds. The van der Waals surface area contributed by atoms with Crippen LogP contribution in [0.3, 0.4) is 0 Å². The van der Waals surface area contributed by atoms with Gasteiger partial charge in [0.25, 0.3) is 0 Å².